The van der Waals surface area contributed by atoms with Crippen molar-refractivity contribution in [3.63, 3.8) is 0 Å². The van der Waals surface area contributed by atoms with E-state index in [-0.39, 0.29) is 42.8 Å². The van der Waals surface area contributed by atoms with Gasteiger partial charge in [0.25, 0.3) is 0 Å². The van der Waals surface area contributed by atoms with Crippen LogP contribution < -0.4 is 15.6 Å². The fourth-order valence-electron chi connectivity index (χ4n) is 4.54. The molecule has 0 aliphatic carbocycles. The summed E-state index contributed by atoms with van der Waals surface area (Å²) in [7, 11) is -3.83. The molecule has 0 saturated carbocycles. The van der Waals surface area contributed by atoms with Crippen LogP contribution in [-0.2, 0) is 27.9 Å². The molecule has 212 valence electrons. The van der Waals surface area contributed by atoms with E-state index in [1.165, 1.54) is 6.33 Å². The second-order valence-corrected chi connectivity index (χ2v) is 12.9. The first-order valence-corrected chi connectivity index (χ1v) is 14.6. The summed E-state index contributed by atoms with van der Waals surface area (Å²) in [6.45, 7) is 11.5. The topological polar surface area (TPSA) is 162 Å². The highest BCUT2D eigenvalue weighted by Gasteiger charge is 2.60. The highest BCUT2D eigenvalue weighted by Crippen LogP contribution is 2.58. The van der Waals surface area contributed by atoms with Gasteiger partial charge in [-0.1, -0.05) is 27.7 Å². The Bertz CT molecular complexity index is 1210. The Balaban J connectivity index is 1.55. The van der Waals surface area contributed by atoms with Gasteiger partial charge in [0, 0.05) is 0 Å². The van der Waals surface area contributed by atoms with E-state index >= 15 is 0 Å². The zero-order chi connectivity index (χ0) is 27.8. The smallest absolute Gasteiger partial charge is 0.406 e. The van der Waals surface area contributed by atoms with Crippen molar-refractivity contribution in [2.24, 2.45) is 11.8 Å². The molecule has 4 rings (SSSR count). The number of hydrogen-bond acceptors (Lipinski definition) is 11. The molecule has 0 spiro atoms. The standard InChI is InChI=1S/C23H36ClN6O7P/c1-7-33-19-16-18(27-22(25)28-19)30(11-26-16)21-23(6,24)17-15(36-21)10-35-38(32,37-17)29-14(8-12(2)3)9-34-20(31)13(4)5/h11-15,17,21H,7-10H2,1-6H3,(H,29,32)(H2,25,27,28)/t14-,15+,17+,21+,23+,38+/m0/s1. The number of nitrogens with zero attached hydrogens (tertiary/aromatic N) is 4. The number of carbonyl (C=O) groups excluding carboxylic acids is 1. The van der Waals surface area contributed by atoms with Crippen LogP contribution in [0.1, 0.15) is 54.2 Å². The van der Waals surface area contributed by atoms with E-state index < -0.39 is 37.1 Å². The van der Waals surface area contributed by atoms with E-state index in [2.05, 4.69) is 20.0 Å². The fraction of sp³-hybridized carbons (Fsp3) is 0.739. The molecule has 2 aliphatic heterocycles. The Hall–Kier alpha value is -2.02. The maximum Gasteiger partial charge on any atom is 0.406 e. The fourth-order valence-corrected chi connectivity index (χ4v) is 6.77. The molecule has 2 fully saturated rings. The maximum absolute atomic E-state index is 13.7. The summed E-state index contributed by atoms with van der Waals surface area (Å²) in [6, 6.07) is -0.450. The second-order valence-electron chi connectivity index (χ2n) is 10.4. The lowest BCUT2D eigenvalue weighted by molar-refractivity contribution is -0.148. The van der Waals surface area contributed by atoms with Crippen LogP contribution in [0.4, 0.5) is 5.95 Å². The molecule has 2 aromatic rings. The number of anilines is 1. The number of nitrogen functional groups attached to an aromatic ring is 1. The first-order chi connectivity index (χ1) is 17.8. The van der Waals surface area contributed by atoms with E-state index in [4.69, 9.17) is 40.6 Å². The molecular formula is C23H36ClN6O7P. The number of fused-ring (bicyclic) bond motifs is 2. The lowest BCUT2D eigenvalue weighted by atomic mass is 10.0. The summed E-state index contributed by atoms with van der Waals surface area (Å²) in [6.07, 6.45) is -0.123. The number of hydrogen-bond donors (Lipinski definition) is 2. The number of ether oxygens (including phenoxy) is 3. The van der Waals surface area contributed by atoms with Crippen molar-refractivity contribution in [2.45, 2.75) is 77.3 Å². The number of aromatic nitrogens is 4. The third-order valence-corrected chi connectivity index (χ3v) is 8.35. The van der Waals surface area contributed by atoms with Gasteiger partial charge < -0.3 is 19.9 Å². The summed E-state index contributed by atoms with van der Waals surface area (Å²) in [5.41, 5.74) is 6.69. The van der Waals surface area contributed by atoms with Crippen LogP contribution >= 0.6 is 19.3 Å². The minimum absolute atomic E-state index is 0.0111. The lowest BCUT2D eigenvalue weighted by Gasteiger charge is -2.36. The largest absolute Gasteiger partial charge is 0.476 e. The Labute approximate surface area is 226 Å². The molecule has 0 amide bonds. The number of carbonyl (C=O) groups is 1. The van der Waals surface area contributed by atoms with E-state index in [1.807, 2.05) is 20.8 Å². The van der Waals surface area contributed by atoms with Crippen LogP contribution in [0.5, 0.6) is 5.88 Å². The lowest BCUT2D eigenvalue weighted by Crippen LogP contribution is -2.47. The van der Waals surface area contributed by atoms with Gasteiger partial charge in [0.2, 0.25) is 11.8 Å². The molecule has 38 heavy (non-hydrogen) atoms. The van der Waals surface area contributed by atoms with Crippen molar-refractivity contribution in [3.05, 3.63) is 6.33 Å². The SMILES string of the molecule is CCOc1nc(N)nc2c1ncn2[C@@H]1O[C@@H]2CO[P@](=O)(N[C@H](COC(=O)C(C)C)CC(C)C)O[C@H]2[C@@]1(C)Cl. The molecule has 0 bridgehead atoms. The van der Waals surface area contributed by atoms with Gasteiger partial charge in [0.1, 0.15) is 23.7 Å². The van der Waals surface area contributed by atoms with Gasteiger partial charge >= 0.3 is 13.7 Å². The minimum atomic E-state index is -3.83. The quantitative estimate of drug-likeness (QED) is 0.242. The predicted octanol–water partition coefficient (Wildman–Crippen LogP) is 3.43. The summed E-state index contributed by atoms with van der Waals surface area (Å²) in [4.78, 5) is 23.6. The molecule has 2 aliphatic rings. The molecule has 2 aromatic heterocycles. The number of esters is 1. The average Bonchev–Trinajstić information content (AvgIpc) is 3.34. The monoisotopic (exact) mass is 574 g/mol. The van der Waals surface area contributed by atoms with Crippen molar-refractivity contribution in [1.29, 1.82) is 0 Å². The highest BCUT2D eigenvalue weighted by molar-refractivity contribution is 7.51. The van der Waals surface area contributed by atoms with Gasteiger partial charge in [-0.25, -0.2) is 14.6 Å². The molecule has 4 heterocycles. The predicted molar refractivity (Wildman–Crippen MR) is 140 cm³/mol. The van der Waals surface area contributed by atoms with Crippen molar-refractivity contribution >= 4 is 42.4 Å². The molecule has 3 N–H and O–H groups in total. The second kappa shape index (κ2) is 11.2. The number of nitrogens with two attached hydrogens (primary N) is 1. The van der Waals surface area contributed by atoms with Gasteiger partial charge in [-0.3, -0.25) is 18.4 Å². The number of nitrogens with one attached hydrogen (secondary N) is 1. The maximum atomic E-state index is 13.7. The Morgan fingerprint density at radius 3 is 2.76 bits per heavy atom. The van der Waals surface area contributed by atoms with Gasteiger partial charge in [-0.05, 0) is 26.2 Å². The van der Waals surface area contributed by atoms with E-state index in [9.17, 15) is 9.36 Å². The van der Waals surface area contributed by atoms with Gasteiger partial charge in [0.15, 0.2) is 17.4 Å². The minimum Gasteiger partial charge on any atom is -0.476 e. The Kier molecular flexibility index (Phi) is 8.56. The number of alkyl halides is 1. The highest BCUT2D eigenvalue weighted by atomic mass is 35.5. The molecule has 6 atom stereocenters. The first-order valence-electron chi connectivity index (χ1n) is 12.7. The van der Waals surface area contributed by atoms with Crippen molar-refractivity contribution < 1.29 is 32.6 Å². The molecule has 0 aromatic carbocycles. The zero-order valence-electron chi connectivity index (χ0n) is 22.4. The van der Waals surface area contributed by atoms with Crippen molar-refractivity contribution in [2.75, 3.05) is 25.6 Å². The van der Waals surface area contributed by atoms with Crippen LogP contribution in [-0.4, -0.2) is 68.4 Å². The average molecular weight is 575 g/mol. The molecule has 0 unspecified atom stereocenters. The van der Waals surface area contributed by atoms with Gasteiger partial charge in [-0.15, -0.1) is 11.6 Å². The van der Waals surface area contributed by atoms with E-state index in [1.54, 1.807) is 25.3 Å². The number of halogens is 1. The van der Waals surface area contributed by atoms with Crippen molar-refractivity contribution in [1.82, 2.24) is 24.6 Å². The van der Waals surface area contributed by atoms with Crippen molar-refractivity contribution in [3.8, 4) is 5.88 Å². The Morgan fingerprint density at radius 1 is 1.37 bits per heavy atom. The molecule has 15 heteroatoms. The van der Waals surface area contributed by atoms with Gasteiger partial charge in [-0.2, -0.15) is 9.97 Å². The third kappa shape index (κ3) is 5.93. The summed E-state index contributed by atoms with van der Waals surface area (Å²) < 4.78 is 44.2. The molecule has 13 nitrogen and oxygen atoms in total. The van der Waals surface area contributed by atoms with Crippen LogP contribution in [0.15, 0.2) is 6.33 Å². The zero-order valence-corrected chi connectivity index (χ0v) is 24.1. The normalized spacial score (nSPS) is 30.1. The molecule has 2 saturated heterocycles. The summed E-state index contributed by atoms with van der Waals surface area (Å²) >= 11 is 7.05. The van der Waals surface area contributed by atoms with E-state index in [0.29, 0.717) is 24.2 Å². The summed E-state index contributed by atoms with van der Waals surface area (Å²) in [5, 5.41) is 2.96. The molecule has 0 radical (unpaired) electrons. The van der Waals surface area contributed by atoms with Gasteiger partial charge in [0.05, 0.1) is 31.5 Å². The van der Waals surface area contributed by atoms with E-state index in [0.717, 1.165) is 0 Å². The number of rotatable bonds is 10. The molecular weight excluding hydrogens is 539 g/mol. The third-order valence-electron chi connectivity index (χ3n) is 6.28. The summed E-state index contributed by atoms with van der Waals surface area (Å²) in [5.74, 6) is -0.116. The van der Waals surface area contributed by atoms with Crippen LogP contribution in [0, 0.1) is 11.8 Å². The first kappa shape index (κ1) is 29.0. The van der Waals surface area contributed by atoms with Crippen LogP contribution in [0.3, 0.4) is 0 Å². The number of imidazole rings is 1. The van der Waals surface area contributed by atoms with Crippen LogP contribution in [0.25, 0.3) is 11.2 Å². The Morgan fingerprint density at radius 2 is 2.11 bits per heavy atom. The van der Waals surface area contributed by atoms with Crippen LogP contribution in [0.2, 0.25) is 0 Å².